The first-order chi connectivity index (χ1) is 15.2. The number of methoxy groups -OCH3 is 1. The van der Waals surface area contributed by atoms with Crippen molar-refractivity contribution >= 4 is 31.1 Å². The van der Waals surface area contributed by atoms with Gasteiger partial charge in [0, 0.05) is 12.0 Å². The van der Waals surface area contributed by atoms with Crippen molar-refractivity contribution in [1.29, 1.82) is 0 Å². The second kappa shape index (κ2) is 12.0. The number of carbonyl (C=O) groups is 2. The average Bonchev–Trinajstić information content (AvgIpc) is 2.74. The van der Waals surface area contributed by atoms with Crippen LogP contribution in [0.5, 0.6) is 5.75 Å². The van der Waals surface area contributed by atoms with Crippen LogP contribution in [0.15, 0.2) is 42.5 Å². The zero-order valence-corrected chi connectivity index (χ0v) is 19.8. The van der Waals surface area contributed by atoms with Crippen LogP contribution < -0.4 is 10.1 Å². The van der Waals surface area contributed by atoms with Crippen LogP contribution in [0.3, 0.4) is 0 Å². The Labute approximate surface area is 192 Å². The van der Waals surface area contributed by atoms with Gasteiger partial charge >= 0.3 is 13.6 Å². The number of amides is 1. The van der Waals surface area contributed by atoms with Crippen LogP contribution >= 0.6 is 19.2 Å². The third-order valence-electron chi connectivity index (χ3n) is 4.50. The van der Waals surface area contributed by atoms with E-state index in [9.17, 15) is 19.3 Å². The van der Waals surface area contributed by atoms with E-state index in [0.29, 0.717) is 21.9 Å². The number of rotatable bonds is 12. The minimum absolute atomic E-state index is 0.0504. The number of hydrogen-bond donors (Lipinski definition) is 2. The minimum atomic E-state index is -3.26. The van der Waals surface area contributed by atoms with E-state index < -0.39 is 25.5 Å². The molecule has 0 unspecified atom stereocenters. The Bertz CT molecular complexity index is 971. The molecule has 174 valence electrons. The number of carbonyl (C=O) groups excluding carboxylic acids is 1. The quantitative estimate of drug-likeness (QED) is 0.426. The molecule has 0 aliphatic carbocycles. The maximum absolute atomic E-state index is 12.7. The molecule has 0 bridgehead atoms. The van der Waals surface area contributed by atoms with Crippen molar-refractivity contribution in [3.63, 3.8) is 0 Å². The summed E-state index contributed by atoms with van der Waals surface area (Å²) in [7, 11) is -1.78. The number of aliphatic carboxylic acids is 1. The summed E-state index contributed by atoms with van der Waals surface area (Å²) >= 11 is 6.10. The van der Waals surface area contributed by atoms with Gasteiger partial charge in [0.1, 0.15) is 11.8 Å². The Hall–Kier alpha value is -2.38. The van der Waals surface area contributed by atoms with Crippen molar-refractivity contribution in [2.45, 2.75) is 32.5 Å². The molecule has 0 fully saturated rings. The molecule has 0 aliphatic rings. The van der Waals surface area contributed by atoms with Gasteiger partial charge in [0.05, 0.1) is 31.5 Å². The van der Waals surface area contributed by atoms with Crippen molar-refractivity contribution in [3.05, 3.63) is 64.2 Å². The molecule has 2 rings (SSSR count). The number of nitrogens with one attached hydrogen (secondary N) is 1. The minimum Gasteiger partial charge on any atom is -0.495 e. The Balaban J connectivity index is 2.08. The van der Waals surface area contributed by atoms with Gasteiger partial charge in [-0.1, -0.05) is 29.8 Å². The molecule has 1 amide bonds. The lowest BCUT2D eigenvalue weighted by Crippen LogP contribution is -2.42. The maximum Gasteiger partial charge on any atom is 0.335 e. The SMILES string of the molecule is CCOP(=O)(Cc1ccc(C(=O)N[C@H](Cc2ccc(OC)c(Cl)c2)C(=O)O)cc1)OCC. The maximum atomic E-state index is 12.7. The lowest BCUT2D eigenvalue weighted by Gasteiger charge is -2.17. The monoisotopic (exact) mass is 483 g/mol. The fraction of sp³-hybridized carbons (Fsp3) is 0.364. The fourth-order valence-corrected chi connectivity index (χ4v) is 5.00. The van der Waals surface area contributed by atoms with E-state index in [1.807, 2.05) is 0 Å². The van der Waals surface area contributed by atoms with Crippen LogP contribution in [0.1, 0.15) is 35.3 Å². The summed E-state index contributed by atoms with van der Waals surface area (Å²) in [5.41, 5.74) is 1.59. The second-order valence-corrected chi connectivity index (χ2v) is 9.30. The lowest BCUT2D eigenvalue weighted by molar-refractivity contribution is -0.139. The summed E-state index contributed by atoms with van der Waals surface area (Å²) in [5, 5.41) is 12.4. The van der Waals surface area contributed by atoms with Crippen molar-refractivity contribution in [2.24, 2.45) is 0 Å². The van der Waals surface area contributed by atoms with E-state index in [2.05, 4.69) is 5.32 Å². The fourth-order valence-electron chi connectivity index (χ4n) is 3.02. The van der Waals surface area contributed by atoms with E-state index in [-0.39, 0.29) is 31.4 Å². The number of halogens is 1. The molecule has 2 aromatic rings. The molecule has 1 atom stereocenters. The van der Waals surface area contributed by atoms with Crippen LogP contribution in [0.2, 0.25) is 5.02 Å². The lowest BCUT2D eigenvalue weighted by atomic mass is 10.0. The van der Waals surface area contributed by atoms with Gasteiger partial charge in [-0.3, -0.25) is 9.36 Å². The highest BCUT2D eigenvalue weighted by Crippen LogP contribution is 2.51. The van der Waals surface area contributed by atoms with Gasteiger partial charge in [0.15, 0.2) is 0 Å². The first-order valence-corrected chi connectivity index (χ1v) is 12.1. The van der Waals surface area contributed by atoms with Crippen LogP contribution in [0.25, 0.3) is 0 Å². The summed E-state index contributed by atoms with van der Waals surface area (Å²) in [6, 6.07) is 10.1. The van der Waals surface area contributed by atoms with Gasteiger partial charge in [0.25, 0.3) is 5.91 Å². The summed E-state index contributed by atoms with van der Waals surface area (Å²) in [4.78, 5) is 24.3. The summed E-state index contributed by atoms with van der Waals surface area (Å²) in [6.07, 6.45) is 0.126. The molecular weight excluding hydrogens is 457 g/mol. The molecule has 0 aromatic heterocycles. The first kappa shape index (κ1) is 25.9. The average molecular weight is 484 g/mol. The number of hydrogen-bond acceptors (Lipinski definition) is 6. The molecule has 10 heteroatoms. The smallest absolute Gasteiger partial charge is 0.335 e. The zero-order chi connectivity index (χ0) is 23.7. The topological polar surface area (TPSA) is 111 Å². The predicted molar refractivity (Wildman–Crippen MR) is 122 cm³/mol. The molecule has 0 heterocycles. The molecule has 0 spiro atoms. The number of carboxylic acids is 1. The Kier molecular flexibility index (Phi) is 9.72. The molecule has 0 radical (unpaired) electrons. The van der Waals surface area contributed by atoms with Gasteiger partial charge in [-0.05, 0) is 49.2 Å². The zero-order valence-electron chi connectivity index (χ0n) is 18.2. The second-order valence-electron chi connectivity index (χ2n) is 6.84. The summed E-state index contributed by atoms with van der Waals surface area (Å²) in [6.45, 7) is 3.98. The number of benzene rings is 2. The Morgan fingerprint density at radius 2 is 1.66 bits per heavy atom. The highest BCUT2D eigenvalue weighted by molar-refractivity contribution is 7.53. The van der Waals surface area contributed by atoms with Crippen LogP contribution in [0, 0.1) is 0 Å². The van der Waals surface area contributed by atoms with E-state index in [1.165, 1.54) is 19.2 Å². The van der Waals surface area contributed by atoms with E-state index in [0.717, 1.165) is 0 Å². The van der Waals surface area contributed by atoms with Crippen molar-refractivity contribution < 1.29 is 33.0 Å². The largest absolute Gasteiger partial charge is 0.495 e. The molecule has 32 heavy (non-hydrogen) atoms. The first-order valence-electron chi connectivity index (χ1n) is 10.0. The van der Waals surface area contributed by atoms with Crippen molar-refractivity contribution in [1.82, 2.24) is 5.32 Å². The van der Waals surface area contributed by atoms with E-state index in [4.69, 9.17) is 25.4 Å². The van der Waals surface area contributed by atoms with Crippen molar-refractivity contribution in [2.75, 3.05) is 20.3 Å². The Morgan fingerprint density at radius 3 is 2.16 bits per heavy atom. The molecule has 0 aliphatic heterocycles. The molecule has 0 saturated heterocycles. The summed E-state index contributed by atoms with van der Waals surface area (Å²) in [5.74, 6) is -1.23. The predicted octanol–water partition coefficient (Wildman–Crippen LogP) is 4.54. The number of ether oxygens (including phenoxy) is 1. The van der Waals surface area contributed by atoms with Gasteiger partial charge < -0.3 is 24.2 Å². The third kappa shape index (κ3) is 7.35. The highest BCUT2D eigenvalue weighted by Gasteiger charge is 2.25. The highest BCUT2D eigenvalue weighted by atomic mass is 35.5. The van der Waals surface area contributed by atoms with Crippen LogP contribution in [-0.2, 0) is 31.0 Å². The van der Waals surface area contributed by atoms with Crippen LogP contribution in [0.4, 0.5) is 0 Å². The van der Waals surface area contributed by atoms with Gasteiger partial charge in [-0.25, -0.2) is 4.79 Å². The van der Waals surface area contributed by atoms with E-state index in [1.54, 1.807) is 44.2 Å². The molecule has 0 saturated carbocycles. The normalized spacial score (nSPS) is 12.2. The molecule has 8 nitrogen and oxygen atoms in total. The van der Waals surface area contributed by atoms with Gasteiger partial charge in [-0.15, -0.1) is 0 Å². The molecule has 2 aromatic carbocycles. The third-order valence-corrected chi connectivity index (χ3v) is 6.85. The summed E-state index contributed by atoms with van der Waals surface area (Å²) < 4.78 is 28.3. The van der Waals surface area contributed by atoms with Crippen molar-refractivity contribution in [3.8, 4) is 5.75 Å². The number of carboxylic acid groups (broad SMARTS) is 1. The Morgan fingerprint density at radius 1 is 1.06 bits per heavy atom. The van der Waals surface area contributed by atoms with Crippen LogP contribution in [-0.4, -0.2) is 43.3 Å². The van der Waals surface area contributed by atoms with Gasteiger partial charge in [0.2, 0.25) is 0 Å². The standard InChI is InChI=1S/C22H27ClNO7P/c1-4-30-32(28,31-5-2)14-15-6-9-17(10-7-15)21(25)24-19(22(26)27)13-16-8-11-20(29-3)18(23)12-16/h6-12,19H,4-5,13-14H2,1-3H3,(H,24,25)(H,26,27)/t19-/m1/s1. The molecular formula is C22H27ClNO7P. The van der Waals surface area contributed by atoms with Gasteiger partial charge in [-0.2, -0.15) is 0 Å². The van der Waals surface area contributed by atoms with E-state index >= 15 is 0 Å². The molecule has 2 N–H and O–H groups in total.